The second-order valence-corrected chi connectivity index (χ2v) is 5.79. The van der Waals surface area contributed by atoms with Crippen molar-refractivity contribution in [3.8, 4) is 0 Å². The summed E-state index contributed by atoms with van der Waals surface area (Å²) in [5.74, 6) is 0. The molecule has 1 aromatic carbocycles. The van der Waals surface area contributed by atoms with E-state index in [1.165, 1.54) is 11.3 Å². The van der Waals surface area contributed by atoms with Crippen LogP contribution in [0.4, 0.5) is 5.69 Å². The Morgan fingerprint density at radius 3 is 2.79 bits per heavy atom. The van der Waals surface area contributed by atoms with E-state index in [-0.39, 0.29) is 6.10 Å². The number of nitrogens with zero attached hydrogens (tertiary/aromatic N) is 2. The van der Waals surface area contributed by atoms with Crippen LogP contribution in [-0.2, 0) is 6.54 Å². The van der Waals surface area contributed by atoms with E-state index in [1.54, 1.807) is 0 Å². The van der Waals surface area contributed by atoms with Gasteiger partial charge >= 0.3 is 0 Å². The van der Waals surface area contributed by atoms with Gasteiger partial charge in [0, 0.05) is 31.4 Å². The fourth-order valence-electron chi connectivity index (χ4n) is 2.94. The van der Waals surface area contributed by atoms with Crippen LogP contribution in [0.1, 0.15) is 17.5 Å². The Hall–Kier alpha value is -1.10. The molecule has 0 saturated carbocycles. The van der Waals surface area contributed by atoms with Crippen LogP contribution in [-0.4, -0.2) is 49.3 Å². The molecule has 4 heteroatoms. The number of aliphatic hydroxyl groups is 1. The van der Waals surface area contributed by atoms with Crippen molar-refractivity contribution in [2.24, 2.45) is 5.73 Å². The molecule has 1 aliphatic heterocycles. The van der Waals surface area contributed by atoms with E-state index in [9.17, 15) is 5.11 Å². The smallest absolute Gasteiger partial charge is 0.0735 e. The second kappa shape index (κ2) is 5.90. The minimum Gasteiger partial charge on any atom is -0.391 e. The van der Waals surface area contributed by atoms with Gasteiger partial charge in [-0.05, 0) is 39.1 Å². The van der Waals surface area contributed by atoms with Gasteiger partial charge in [-0.1, -0.05) is 17.7 Å². The van der Waals surface area contributed by atoms with E-state index in [0.29, 0.717) is 19.1 Å². The maximum absolute atomic E-state index is 9.97. The molecule has 1 fully saturated rings. The van der Waals surface area contributed by atoms with Gasteiger partial charge in [0.15, 0.2) is 0 Å². The molecule has 1 heterocycles. The lowest BCUT2D eigenvalue weighted by Crippen LogP contribution is -2.38. The number of hydrogen-bond donors (Lipinski definition) is 2. The topological polar surface area (TPSA) is 52.7 Å². The number of rotatable bonds is 4. The molecule has 0 bridgehead atoms. The quantitative estimate of drug-likeness (QED) is 0.849. The number of nitrogens with two attached hydrogens (primary N) is 1. The van der Waals surface area contributed by atoms with Crippen LogP contribution >= 0.6 is 0 Å². The highest BCUT2D eigenvalue weighted by Crippen LogP contribution is 2.29. The average Bonchev–Trinajstić information content (AvgIpc) is 2.69. The predicted molar refractivity (Wildman–Crippen MR) is 79.4 cm³/mol. The third-order valence-corrected chi connectivity index (χ3v) is 3.73. The Bertz CT molecular complexity index is 433. The Labute approximate surface area is 115 Å². The Balaban J connectivity index is 2.28. The number of hydrogen-bond acceptors (Lipinski definition) is 4. The van der Waals surface area contributed by atoms with Gasteiger partial charge in [0.2, 0.25) is 0 Å². The van der Waals surface area contributed by atoms with Crippen molar-refractivity contribution in [2.45, 2.75) is 32.0 Å². The molecule has 0 aliphatic carbocycles. The number of β-amino-alcohol motifs (C(OH)–C–C–N with tert-alkyl or cyclic N) is 1. The SMILES string of the molecule is Cc1ccc(N2CC(O)CC2CN(C)C)c(CN)c1. The Kier molecular flexibility index (Phi) is 4.45. The van der Waals surface area contributed by atoms with Crippen LogP contribution in [0.3, 0.4) is 0 Å². The van der Waals surface area contributed by atoms with E-state index >= 15 is 0 Å². The highest BCUT2D eigenvalue weighted by Gasteiger charge is 2.32. The minimum atomic E-state index is -0.239. The zero-order valence-electron chi connectivity index (χ0n) is 12.1. The zero-order valence-corrected chi connectivity index (χ0v) is 12.1. The molecule has 106 valence electrons. The van der Waals surface area contributed by atoms with Crippen molar-refractivity contribution in [1.82, 2.24) is 4.90 Å². The standard InChI is InChI=1S/C15H25N3O/c1-11-4-5-15(12(6-11)8-16)18-10-14(19)7-13(18)9-17(2)3/h4-6,13-14,19H,7-10,16H2,1-3H3. The van der Waals surface area contributed by atoms with Crippen LogP contribution in [0.15, 0.2) is 18.2 Å². The fraction of sp³-hybridized carbons (Fsp3) is 0.600. The molecular weight excluding hydrogens is 238 g/mol. The first kappa shape index (κ1) is 14.3. The fourth-order valence-corrected chi connectivity index (χ4v) is 2.94. The van der Waals surface area contributed by atoms with Gasteiger partial charge < -0.3 is 20.6 Å². The monoisotopic (exact) mass is 263 g/mol. The molecule has 2 unspecified atom stereocenters. The molecule has 3 N–H and O–H groups in total. The van der Waals surface area contributed by atoms with Gasteiger partial charge in [-0.15, -0.1) is 0 Å². The first-order valence-corrected chi connectivity index (χ1v) is 6.90. The summed E-state index contributed by atoms with van der Waals surface area (Å²) >= 11 is 0. The number of anilines is 1. The molecule has 0 spiro atoms. The summed E-state index contributed by atoms with van der Waals surface area (Å²) in [5, 5.41) is 9.97. The summed E-state index contributed by atoms with van der Waals surface area (Å²) < 4.78 is 0. The van der Waals surface area contributed by atoms with Gasteiger partial charge in [-0.3, -0.25) is 0 Å². The third-order valence-electron chi connectivity index (χ3n) is 3.73. The minimum absolute atomic E-state index is 0.239. The summed E-state index contributed by atoms with van der Waals surface area (Å²) in [7, 11) is 4.14. The van der Waals surface area contributed by atoms with E-state index in [0.717, 1.165) is 18.5 Å². The predicted octanol–water partition coefficient (Wildman–Crippen LogP) is 0.955. The first-order chi connectivity index (χ1) is 9.01. The molecule has 19 heavy (non-hydrogen) atoms. The second-order valence-electron chi connectivity index (χ2n) is 5.79. The van der Waals surface area contributed by atoms with Gasteiger partial charge in [-0.2, -0.15) is 0 Å². The molecule has 1 aliphatic rings. The number of likely N-dealkylation sites (N-methyl/N-ethyl adjacent to an activating group) is 1. The van der Waals surface area contributed by atoms with E-state index in [1.807, 2.05) is 0 Å². The van der Waals surface area contributed by atoms with Crippen LogP contribution in [0, 0.1) is 6.92 Å². The highest BCUT2D eigenvalue weighted by atomic mass is 16.3. The number of aliphatic hydroxyl groups excluding tert-OH is 1. The lowest BCUT2D eigenvalue weighted by atomic mass is 10.1. The summed E-state index contributed by atoms with van der Waals surface area (Å²) in [6.45, 7) is 4.28. The largest absolute Gasteiger partial charge is 0.391 e. The maximum Gasteiger partial charge on any atom is 0.0735 e. The van der Waals surface area contributed by atoms with Crippen molar-refractivity contribution < 1.29 is 5.11 Å². The van der Waals surface area contributed by atoms with Crippen molar-refractivity contribution in [1.29, 1.82) is 0 Å². The number of benzene rings is 1. The molecular formula is C15H25N3O. The Morgan fingerprint density at radius 2 is 2.16 bits per heavy atom. The zero-order chi connectivity index (χ0) is 14.0. The van der Waals surface area contributed by atoms with Crippen molar-refractivity contribution in [3.05, 3.63) is 29.3 Å². The van der Waals surface area contributed by atoms with E-state index < -0.39 is 0 Å². The Morgan fingerprint density at radius 1 is 1.42 bits per heavy atom. The summed E-state index contributed by atoms with van der Waals surface area (Å²) in [6, 6.07) is 6.76. The highest BCUT2D eigenvalue weighted by molar-refractivity contribution is 5.57. The van der Waals surface area contributed by atoms with Crippen LogP contribution < -0.4 is 10.6 Å². The molecule has 0 radical (unpaired) electrons. The maximum atomic E-state index is 9.97. The summed E-state index contributed by atoms with van der Waals surface area (Å²) in [4.78, 5) is 4.48. The van der Waals surface area contributed by atoms with Gasteiger partial charge in [0.1, 0.15) is 0 Å². The molecule has 0 amide bonds. The molecule has 2 atom stereocenters. The number of aryl methyl sites for hydroxylation is 1. The van der Waals surface area contributed by atoms with Crippen LogP contribution in [0.2, 0.25) is 0 Å². The first-order valence-electron chi connectivity index (χ1n) is 6.90. The lowest BCUT2D eigenvalue weighted by molar-refractivity contribution is 0.191. The van der Waals surface area contributed by atoms with Crippen LogP contribution in [0.5, 0.6) is 0 Å². The molecule has 1 aromatic rings. The van der Waals surface area contributed by atoms with E-state index in [4.69, 9.17) is 5.73 Å². The normalized spacial score (nSPS) is 23.4. The summed E-state index contributed by atoms with van der Waals surface area (Å²) in [5.41, 5.74) is 9.44. The van der Waals surface area contributed by atoms with Gasteiger partial charge in [0.05, 0.1) is 6.10 Å². The average molecular weight is 263 g/mol. The summed E-state index contributed by atoms with van der Waals surface area (Å²) in [6.07, 6.45) is 0.590. The molecule has 0 aromatic heterocycles. The van der Waals surface area contributed by atoms with Crippen molar-refractivity contribution in [2.75, 3.05) is 32.1 Å². The molecule has 4 nitrogen and oxygen atoms in total. The molecule has 2 rings (SSSR count). The van der Waals surface area contributed by atoms with E-state index in [2.05, 4.69) is 49.0 Å². The third kappa shape index (κ3) is 3.26. The van der Waals surface area contributed by atoms with Gasteiger partial charge in [-0.25, -0.2) is 0 Å². The van der Waals surface area contributed by atoms with Gasteiger partial charge in [0.25, 0.3) is 0 Å². The van der Waals surface area contributed by atoms with Crippen molar-refractivity contribution in [3.63, 3.8) is 0 Å². The van der Waals surface area contributed by atoms with Crippen molar-refractivity contribution >= 4 is 5.69 Å². The molecule has 1 saturated heterocycles. The van der Waals surface area contributed by atoms with Crippen LogP contribution in [0.25, 0.3) is 0 Å². The lowest BCUT2D eigenvalue weighted by Gasteiger charge is -2.30.